The molecule has 0 atom stereocenters. The van der Waals surface area contributed by atoms with E-state index in [2.05, 4.69) is 26.5 Å². The second-order valence-corrected chi connectivity index (χ2v) is 1.79. The lowest BCUT2D eigenvalue weighted by atomic mass is 10.1. The monoisotopic (exact) mass is 140 g/mol. The molecule has 0 saturated carbocycles. The van der Waals surface area contributed by atoms with E-state index in [0.29, 0.717) is 0 Å². The van der Waals surface area contributed by atoms with Crippen LogP contribution in [0.5, 0.6) is 0 Å². The number of hydrogen-bond acceptors (Lipinski definition) is 0. The second-order valence-electron chi connectivity index (χ2n) is 1.79. The van der Waals surface area contributed by atoms with E-state index in [0.717, 1.165) is 12.8 Å². The standard InChI is InChI=1S/C8H14.C2H6/c1-4-7-8(5-2)6-3;1-2/h4-5H,1,6-7H2,2-3H3;1-2H3. The minimum atomic E-state index is 1.05. The van der Waals surface area contributed by atoms with Gasteiger partial charge in [-0.05, 0) is 19.8 Å². The quantitative estimate of drug-likeness (QED) is 0.521. The minimum absolute atomic E-state index is 1.05. The topological polar surface area (TPSA) is 0 Å². The van der Waals surface area contributed by atoms with Crippen LogP contribution < -0.4 is 0 Å². The summed E-state index contributed by atoms with van der Waals surface area (Å²) in [4.78, 5) is 0. The van der Waals surface area contributed by atoms with Crippen molar-refractivity contribution in [3.05, 3.63) is 24.3 Å². The van der Waals surface area contributed by atoms with Gasteiger partial charge in [0.1, 0.15) is 0 Å². The van der Waals surface area contributed by atoms with E-state index >= 15 is 0 Å². The lowest BCUT2D eigenvalue weighted by Crippen LogP contribution is -1.74. The molecule has 0 heterocycles. The summed E-state index contributed by atoms with van der Waals surface area (Å²) in [6.45, 7) is 11.9. The van der Waals surface area contributed by atoms with Gasteiger partial charge in [0.15, 0.2) is 0 Å². The van der Waals surface area contributed by atoms with Crippen LogP contribution >= 0.6 is 0 Å². The Bertz CT molecular complexity index is 88.2. The van der Waals surface area contributed by atoms with Gasteiger partial charge in [-0.2, -0.15) is 0 Å². The summed E-state index contributed by atoms with van der Waals surface area (Å²) < 4.78 is 0. The molecular formula is C10H20. The summed E-state index contributed by atoms with van der Waals surface area (Å²) in [6.07, 6.45) is 6.30. The number of hydrogen-bond donors (Lipinski definition) is 0. The molecule has 0 aliphatic rings. The van der Waals surface area contributed by atoms with Crippen molar-refractivity contribution in [2.24, 2.45) is 0 Å². The molecule has 0 aromatic rings. The highest BCUT2D eigenvalue weighted by Crippen LogP contribution is 2.04. The fourth-order valence-electron chi connectivity index (χ4n) is 0.652. The van der Waals surface area contributed by atoms with E-state index in [4.69, 9.17) is 0 Å². The lowest BCUT2D eigenvalue weighted by Gasteiger charge is -1.94. The van der Waals surface area contributed by atoms with Crippen molar-refractivity contribution in [1.29, 1.82) is 0 Å². The SMILES string of the molecule is C=CCC(=CC)CC.CC. The summed E-state index contributed by atoms with van der Waals surface area (Å²) in [5, 5.41) is 0. The van der Waals surface area contributed by atoms with Crippen molar-refractivity contribution in [1.82, 2.24) is 0 Å². The summed E-state index contributed by atoms with van der Waals surface area (Å²) in [5.41, 5.74) is 1.47. The molecule has 0 rings (SSSR count). The van der Waals surface area contributed by atoms with Crippen LogP contribution in [0, 0.1) is 0 Å². The highest BCUT2D eigenvalue weighted by Gasteiger charge is 1.84. The molecule has 60 valence electrons. The zero-order chi connectivity index (χ0) is 8.41. The van der Waals surface area contributed by atoms with Gasteiger partial charge in [-0.3, -0.25) is 0 Å². The number of allylic oxidation sites excluding steroid dienone is 3. The molecule has 0 radical (unpaired) electrons. The first-order chi connectivity index (χ1) is 4.85. The summed E-state index contributed by atoms with van der Waals surface area (Å²) in [6, 6.07) is 0. The Hall–Kier alpha value is -0.520. The van der Waals surface area contributed by atoms with E-state index in [1.165, 1.54) is 5.57 Å². The first-order valence-corrected chi connectivity index (χ1v) is 4.10. The van der Waals surface area contributed by atoms with Gasteiger partial charge in [0.25, 0.3) is 0 Å². The normalized spacial score (nSPS) is 9.80. The van der Waals surface area contributed by atoms with Crippen molar-refractivity contribution in [3.8, 4) is 0 Å². The molecule has 0 aromatic heterocycles. The maximum absolute atomic E-state index is 3.66. The van der Waals surface area contributed by atoms with Crippen LogP contribution in [0.2, 0.25) is 0 Å². The molecule has 0 bridgehead atoms. The highest BCUT2D eigenvalue weighted by molar-refractivity contribution is 5.03. The second kappa shape index (κ2) is 11.3. The molecule has 10 heavy (non-hydrogen) atoms. The average Bonchev–Trinajstić information content (AvgIpc) is 2.04. The molecule has 0 saturated heterocycles. The van der Waals surface area contributed by atoms with Crippen molar-refractivity contribution in [2.75, 3.05) is 0 Å². The van der Waals surface area contributed by atoms with Gasteiger partial charge in [-0.15, -0.1) is 6.58 Å². The molecule has 0 N–H and O–H groups in total. The third kappa shape index (κ3) is 7.48. The Labute approximate surface area is 65.7 Å². The van der Waals surface area contributed by atoms with Gasteiger partial charge in [0, 0.05) is 0 Å². The maximum Gasteiger partial charge on any atom is -0.0142 e. The van der Waals surface area contributed by atoms with Crippen LogP contribution in [0.3, 0.4) is 0 Å². The van der Waals surface area contributed by atoms with Crippen molar-refractivity contribution >= 4 is 0 Å². The van der Waals surface area contributed by atoms with Crippen molar-refractivity contribution < 1.29 is 0 Å². The van der Waals surface area contributed by atoms with Crippen molar-refractivity contribution in [3.63, 3.8) is 0 Å². The molecule has 0 aliphatic carbocycles. The van der Waals surface area contributed by atoms with Crippen LogP contribution in [0.4, 0.5) is 0 Å². The first-order valence-electron chi connectivity index (χ1n) is 4.10. The van der Waals surface area contributed by atoms with E-state index in [1.807, 2.05) is 19.9 Å². The van der Waals surface area contributed by atoms with Crippen LogP contribution in [0.1, 0.15) is 40.5 Å². The van der Waals surface area contributed by atoms with Crippen LogP contribution in [-0.4, -0.2) is 0 Å². The largest absolute Gasteiger partial charge is 0.103 e. The third-order valence-electron chi connectivity index (χ3n) is 1.27. The Balaban J connectivity index is 0. The Kier molecular flexibility index (Phi) is 13.8. The van der Waals surface area contributed by atoms with Crippen LogP contribution in [0.15, 0.2) is 24.3 Å². The van der Waals surface area contributed by atoms with Gasteiger partial charge in [-0.25, -0.2) is 0 Å². The smallest absolute Gasteiger partial charge is 0.0142 e. The Morgan fingerprint density at radius 3 is 2.00 bits per heavy atom. The Morgan fingerprint density at radius 1 is 1.40 bits per heavy atom. The van der Waals surface area contributed by atoms with Gasteiger partial charge in [-0.1, -0.05) is 38.5 Å². The van der Waals surface area contributed by atoms with Crippen LogP contribution in [-0.2, 0) is 0 Å². The lowest BCUT2D eigenvalue weighted by molar-refractivity contribution is 1.03. The summed E-state index contributed by atoms with van der Waals surface area (Å²) in [7, 11) is 0. The number of rotatable bonds is 3. The molecule has 0 amide bonds. The maximum atomic E-state index is 3.66. The van der Waals surface area contributed by atoms with E-state index < -0.39 is 0 Å². The minimum Gasteiger partial charge on any atom is -0.103 e. The fraction of sp³-hybridized carbons (Fsp3) is 0.600. The molecule has 0 aromatic carbocycles. The first kappa shape index (κ1) is 12.2. The van der Waals surface area contributed by atoms with Gasteiger partial charge in [0.05, 0.1) is 0 Å². The van der Waals surface area contributed by atoms with E-state index in [1.54, 1.807) is 0 Å². The van der Waals surface area contributed by atoms with Crippen LogP contribution in [0.25, 0.3) is 0 Å². The molecule has 0 unspecified atom stereocenters. The highest BCUT2D eigenvalue weighted by atomic mass is 13.9. The van der Waals surface area contributed by atoms with Gasteiger partial charge in [0.2, 0.25) is 0 Å². The average molecular weight is 140 g/mol. The molecular weight excluding hydrogens is 120 g/mol. The molecule has 0 aliphatic heterocycles. The summed E-state index contributed by atoms with van der Waals surface area (Å²) >= 11 is 0. The third-order valence-corrected chi connectivity index (χ3v) is 1.27. The fourth-order valence-corrected chi connectivity index (χ4v) is 0.652. The van der Waals surface area contributed by atoms with Gasteiger partial charge >= 0.3 is 0 Å². The predicted molar refractivity (Wildman–Crippen MR) is 50.2 cm³/mol. The summed E-state index contributed by atoms with van der Waals surface area (Å²) in [5.74, 6) is 0. The van der Waals surface area contributed by atoms with E-state index in [-0.39, 0.29) is 0 Å². The zero-order valence-corrected chi connectivity index (χ0v) is 7.78. The van der Waals surface area contributed by atoms with E-state index in [9.17, 15) is 0 Å². The van der Waals surface area contributed by atoms with Gasteiger partial charge < -0.3 is 0 Å². The molecule has 0 fully saturated rings. The van der Waals surface area contributed by atoms with Crippen molar-refractivity contribution in [2.45, 2.75) is 40.5 Å². The Morgan fingerprint density at radius 2 is 1.90 bits per heavy atom. The zero-order valence-electron chi connectivity index (χ0n) is 7.78. The molecule has 0 spiro atoms. The molecule has 0 heteroatoms. The molecule has 0 nitrogen and oxygen atoms in total. The predicted octanol–water partition coefficient (Wildman–Crippen LogP) is 3.95.